The molecule has 0 atom stereocenters. The van der Waals surface area contributed by atoms with Gasteiger partial charge in [0.15, 0.2) is 0 Å². The molecule has 0 bridgehead atoms. The molecule has 82 valence electrons. The van der Waals surface area contributed by atoms with Crippen molar-refractivity contribution in [2.24, 2.45) is 0 Å². The fourth-order valence-electron chi connectivity index (χ4n) is 1.33. The van der Waals surface area contributed by atoms with Crippen LogP contribution in [-0.2, 0) is 0 Å². The molecule has 0 fully saturated rings. The number of hydrogen-bond donors (Lipinski definition) is 1. The first kappa shape index (κ1) is 10.8. The smallest absolute Gasteiger partial charge is 0.219 e. The molecule has 1 heterocycles. The second-order valence-corrected chi connectivity index (χ2v) is 3.86. The van der Waals surface area contributed by atoms with Crippen LogP contribution in [-0.4, -0.2) is 10.1 Å². The van der Waals surface area contributed by atoms with E-state index in [0.717, 1.165) is 5.56 Å². The predicted molar refractivity (Wildman–Crippen MR) is 62.2 cm³/mol. The molecule has 2 rings (SSSR count). The molecule has 0 spiro atoms. The highest BCUT2D eigenvalue weighted by Gasteiger charge is 2.01. The lowest BCUT2D eigenvalue weighted by atomic mass is 10.2. The van der Waals surface area contributed by atoms with Gasteiger partial charge in [0.05, 0.1) is 5.02 Å². The van der Waals surface area contributed by atoms with Crippen LogP contribution in [0.3, 0.4) is 0 Å². The van der Waals surface area contributed by atoms with Gasteiger partial charge in [0.2, 0.25) is 5.88 Å². The Hall–Kier alpha value is -1.74. The molecule has 0 radical (unpaired) electrons. The molecule has 0 amide bonds. The van der Waals surface area contributed by atoms with Crippen LogP contribution in [0, 0.1) is 6.92 Å². The number of phenols is 1. The fraction of sp³-hybridized carbons (Fsp3) is 0.0833. The highest BCUT2D eigenvalue weighted by molar-refractivity contribution is 6.30. The quantitative estimate of drug-likeness (QED) is 0.866. The van der Waals surface area contributed by atoms with E-state index in [2.05, 4.69) is 4.98 Å². The van der Waals surface area contributed by atoms with Crippen molar-refractivity contribution in [1.29, 1.82) is 0 Å². The number of hydrogen-bond acceptors (Lipinski definition) is 3. The Balaban J connectivity index is 2.23. The van der Waals surface area contributed by atoms with E-state index >= 15 is 0 Å². The second kappa shape index (κ2) is 4.41. The van der Waals surface area contributed by atoms with Crippen LogP contribution in [0.5, 0.6) is 17.4 Å². The Morgan fingerprint density at radius 2 is 2.06 bits per heavy atom. The third-order valence-corrected chi connectivity index (χ3v) is 2.18. The molecule has 1 aromatic carbocycles. The third-order valence-electron chi connectivity index (χ3n) is 1.96. The van der Waals surface area contributed by atoms with Gasteiger partial charge < -0.3 is 9.84 Å². The van der Waals surface area contributed by atoms with Gasteiger partial charge in [0.1, 0.15) is 11.5 Å². The minimum absolute atomic E-state index is 0.170. The average molecular weight is 236 g/mol. The summed E-state index contributed by atoms with van der Waals surface area (Å²) < 4.78 is 5.47. The number of nitrogens with zero attached hydrogens (tertiary/aromatic N) is 1. The first-order valence-corrected chi connectivity index (χ1v) is 5.11. The fourth-order valence-corrected chi connectivity index (χ4v) is 1.44. The molecule has 0 aliphatic carbocycles. The molecule has 1 aromatic heterocycles. The van der Waals surface area contributed by atoms with Crippen LogP contribution in [0.4, 0.5) is 0 Å². The maximum atomic E-state index is 9.39. The SMILES string of the molecule is Cc1cc(O)cc(Oc2ccc(Cl)cn2)c1. The Kier molecular flexibility index (Phi) is 2.97. The van der Waals surface area contributed by atoms with Gasteiger partial charge in [-0.15, -0.1) is 0 Å². The molecule has 16 heavy (non-hydrogen) atoms. The highest BCUT2D eigenvalue weighted by atomic mass is 35.5. The van der Waals surface area contributed by atoms with Crippen molar-refractivity contribution in [3.63, 3.8) is 0 Å². The van der Waals surface area contributed by atoms with Crippen LogP contribution < -0.4 is 4.74 Å². The Labute approximate surface area is 98.3 Å². The van der Waals surface area contributed by atoms with Crippen LogP contribution in [0.1, 0.15) is 5.56 Å². The van der Waals surface area contributed by atoms with E-state index in [1.165, 1.54) is 12.3 Å². The summed E-state index contributed by atoms with van der Waals surface area (Å²) in [7, 11) is 0. The summed E-state index contributed by atoms with van der Waals surface area (Å²) >= 11 is 5.71. The van der Waals surface area contributed by atoms with Crippen molar-refractivity contribution >= 4 is 11.6 Å². The average Bonchev–Trinajstić information content (AvgIpc) is 2.20. The first-order valence-electron chi connectivity index (χ1n) is 4.73. The maximum absolute atomic E-state index is 9.39. The van der Waals surface area contributed by atoms with Crippen LogP contribution in [0.15, 0.2) is 36.5 Å². The van der Waals surface area contributed by atoms with Crippen molar-refractivity contribution < 1.29 is 9.84 Å². The lowest BCUT2D eigenvalue weighted by Gasteiger charge is -2.06. The van der Waals surface area contributed by atoms with E-state index in [4.69, 9.17) is 16.3 Å². The summed E-state index contributed by atoms with van der Waals surface area (Å²) in [6.45, 7) is 1.88. The first-order chi connectivity index (χ1) is 7.63. The van der Waals surface area contributed by atoms with E-state index in [0.29, 0.717) is 16.7 Å². The Bertz CT molecular complexity index is 477. The second-order valence-electron chi connectivity index (χ2n) is 3.42. The number of pyridine rings is 1. The normalized spacial score (nSPS) is 10.1. The maximum Gasteiger partial charge on any atom is 0.219 e. The van der Waals surface area contributed by atoms with Crippen LogP contribution in [0.25, 0.3) is 0 Å². The van der Waals surface area contributed by atoms with Crippen molar-refractivity contribution in [2.75, 3.05) is 0 Å². The molecular formula is C12H10ClNO2. The molecule has 0 aliphatic rings. The molecule has 4 heteroatoms. The van der Waals surface area contributed by atoms with Gasteiger partial charge in [-0.2, -0.15) is 0 Å². The van der Waals surface area contributed by atoms with Crippen molar-refractivity contribution in [1.82, 2.24) is 4.98 Å². The zero-order valence-corrected chi connectivity index (χ0v) is 9.40. The van der Waals surface area contributed by atoms with Gasteiger partial charge in [0.25, 0.3) is 0 Å². The van der Waals surface area contributed by atoms with E-state index in [9.17, 15) is 5.11 Å². The monoisotopic (exact) mass is 235 g/mol. The molecule has 3 nitrogen and oxygen atoms in total. The summed E-state index contributed by atoms with van der Waals surface area (Å²) in [5.74, 6) is 1.16. The molecule has 0 aliphatic heterocycles. The predicted octanol–water partition coefficient (Wildman–Crippen LogP) is 3.54. The van der Waals surface area contributed by atoms with E-state index in [1.807, 2.05) is 13.0 Å². The molecule has 0 unspecified atom stereocenters. The molecule has 2 aromatic rings. The largest absolute Gasteiger partial charge is 0.508 e. The van der Waals surface area contributed by atoms with E-state index in [-0.39, 0.29) is 5.75 Å². The number of aromatic nitrogens is 1. The lowest BCUT2D eigenvalue weighted by molar-refractivity contribution is 0.445. The van der Waals surface area contributed by atoms with Crippen LogP contribution >= 0.6 is 11.6 Å². The minimum atomic E-state index is 0.170. The Morgan fingerprint density at radius 3 is 2.69 bits per heavy atom. The lowest BCUT2D eigenvalue weighted by Crippen LogP contribution is -1.87. The number of rotatable bonds is 2. The highest BCUT2D eigenvalue weighted by Crippen LogP contribution is 2.25. The standard InChI is InChI=1S/C12H10ClNO2/c1-8-4-10(15)6-11(5-8)16-12-3-2-9(13)7-14-12/h2-7,15H,1H3. The topological polar surface area (TPSA) is 42.4 Å². The van der Waals surface area contributed by atoms with Gasteiger partial charge in [-0.1, -0.05) is 11.6 Å². The zero-order chi connectivity index (χ0) is 11.5. The van der Waals surface area contributed by atoms with Gasteiger partial charge in [0, 0.05) is 18.3 Å². The van der Waals surface area contributed by atoms with Gasteiger partial charge in [-0.05, 0) is 30.7 Å². The molecule has 0 saturated heterocycles. The number of benzene rings is 1. The number of ether oxygens (including phenoxy) is 1. The number of phenolic OH excluding ortho intramolecular Hbond substituents is 1. The van der Waals surface area contributed by atoms with E-state index < -0.39 is 0 Å². The summed E-state index contributed by atoms with van der Waals surface area (Å²) in [6, 6.07) is 8.36. The van der Waals surface area contributed by atoms with Crippen LogP contribution in [0.2, 0.25) is 5.02 Å². The summed E-state index contributed by atoms with van der Waals surface area (Å²) in [4.78, 5) is 4.00. The summed E-state index contributed by atoms with van der Waals surface area (Å²) in [6.07, 6.45) is 1.51. The number of aromatic hydroxyl groups is 1. The van der Waals surface area contributed by atoms with Crippen molar-refractivity contribution in [2.45, 2.75) is 6.92 Å². The van der Waals surface area contributed by atoms with Crippen molar-refractivity contribution in [3.8, 4) is 17.4 Å². The zero-order valence-electron chi connectivity index (χ0n) is 8.64. The number of aryl methyl sites for hydroxylation is 1. The van der Waals surface area contributed by atoms with Gasteiger partial charge >= 0.3 is 0 Å². The Morgan fingerprint density at radius 1 is 1.25 bits per heavy atom. The summed E-state index contributed by atoms with van der Waals surface area (Å²) in [5, 5.41) is 9.95. The molecule has 1 N–H and O–H groups in total. The van der Waals surface area contributed by atoms with Gasteiger partial charge in [-0.3, -0.25) is 0 Å². The van der Waals surface area contributed by atoms with Gasteiger partial charge in [-0.25, -0.2) is 4.98 Å². The van der Waals surface area contributed by atoms with Crippen molar-refractivity contribution in [3.05, 3.63) is 47.1 Å². The molecule has 0 saturated carbocycles. The minimum Gasteiger partial charge on any atom is -0.508 e. The summed E-state index contributed by atoms with van der Waals surface area (Å²) in [5.41, 5.74) is 0.920. The molecular weight excluding hydrogens is 226 g/mol. The van der Waals surface area contributed by atoms with E-state index in [1.54, 1.807) is 18.2 Å². The third kappa shape index (κ3) is 2.64. The number of halogens is 1.